The quantitative estimate of drug-likeness (QED) is 0.255. The Bertz CT molecular complexity index is 1470. The number of nitrogens with one attached hydrogen (secondary N) is 1. The molecular formula is C28H24F2N6O. The molecule has 0 aliphatic heterocycles. The Kier molecular flexibility index (Phi) is 7.12. The van der Waals surface area contributed by atoms with Gasteiger partial charge in [-0.1, -0.05) is 42.5 Å². The summed E-state index contributed by atoms with van der Waals surface area (Å²) in [7, 11) is 0. The molecule has 0 fully saturated rings. The van der Waals surface area contributed by atoms with Crippen molar-refractivity contribution < 1.29 is 13.5 Å². The molecule has 0 spiro atoms. The van der Waals surface area contributed by atoms with Crippen molar-refractivity contribution in [2.75, 3.05) is 5.32 Å². The minimum Gasteiger partial charge on any atom is -0.473 e. The summed E-state index contributed by atoms with van der Waals surface area (Å²) in [5.74, 6) is 0.686. The van der Waals surface area contributed by atoms with Crippen molar-refractivity contribution in [1.82, 2.24) is 24.7 Å². The van der Waals surface area contributed by atoms with Gasteiger partial charge in [0.05, 0.1) is 12.7 Å². The van der Waals surface area contributed by atoms with Crippen LogP contribution in [-0.4, -0.2) is 24.7 Å². The molecule has 7 nitrogen and oxygen atoms in total. The number of nitrogens with zero attached hydrogens (tertiary/aromatic N) is 5. The van der Waals surface area contributed by atoms with Crippen LogP contribution in [0.15, 0.2) is 91.5 Å². The summed E-state index contributed by atoms with van der Waals surface area (Å²) in [4.78, 5) is 12.3. The summed E-state index contributed by atoms with van der Waals surface area (Å²) in [6, 6.07) is 20.8. The highest BCUT2D eigenvalue weighted by atomic mass is 19.3. The van der Waals surface area contributed by atoms with E-state index in [9.17, 15) is 8.78 Å². The number of hydrogen-bond donors (Lipinski definition) is 1. The minimum absolute atomic E-state index is 0.119. The fourth-order valence-electron chi connectivity index (χ4n) is 3.81. The first kappa shape index (κ1) is 24.1. The lowest BCUT2D eigenvalue weighted by atomic mass is 10.1. The second kappa shape index (κ2) is 10.9. The van der Waals surface area contributed by atoms with Gasteiger partial charge in [0, 0.05) is 35.9 Å². The molecule has 5 aromatic rings. The predicted molar refractivity (Wildman–Crippen MR) is 137 cm³/mol. The Hall–Kier alpha value is -4.66. The van der Waals surface area contributed by atoms with E-state index in [1.807, 2.05) is 78.5 Å². The van der Waals surface area contributed by atoms with E-state index in [0.717, 1.165) is 27.8 Å². The third-order valence-electron chi connectivity index (χ3n) is 5.57. The van der Waals surface area contributed by atoms with E-state index in [1.165, 1.54) is 12.3 Å². The molecule has 2 aromatic carbocycles. The SMILES string of the molecule is Cc1cc(Nc2nccc(C(F)F)n2)cc(-c2cnn(Cc3ccc(OCc4ccccc4)nc3)c2)c1. The zero-order valence-corrected chi connectivity index (χ0v) is 20.1. The predicted octanol–water partition coefficient (Wildman–Crippen LogP) is 6.35. The Labute approximate surface area is 212 Å². The number of halogens is 2. The van der Waals surface area contributed by atoms with E-state index in [-0.39, 0.29) is 11.6 Å². The monoisotopic (exact) mass is 498 g/mol. The van der Waals surface area contributed by atoms with Crippen molar-refractivity contribution in [3.8, 4) is 17.0 Å². The number of alkyl halides is 2. The molecule has 0 aliphatic carbocycles. The molecular weight excluding hydrogens is 474 g/mol. The number of aromatic nitrogens is 5. The average molecular weight is 499 g/mol. The zero-order valence-electron chi connectivity index (χ0n) is 20.1. The lowest BCUT2D eigenvalue weighted by molar-refractivity contribution is 0.146. The van der Waals surface area contributed by atoms with Gasteiger partial charge in [-0.05, 0) is 47.4 Å². The second-order valence-electron chi connectivity index (χ2n) is 8.52. The van der Waals surface area contributed by atoms with Crippen LogP contribution in [0.5, 0.6) is 5.88 Å². The summed E-state index contributed by atoms with van der Waals surface area (Å²) in [5.41, 5.74) is 5.30. The highest BCUT2D eigenvalue weighted by Gasteiger charge is 2.11. The first-order valence-electron chi connectivity index (χ1n) is 11.7. The molecule has 3 aromatic heterocycles. The molecule has 0 unspecified atom stereocenters. The van der Waals surface area contributed by atoms with Crippen molar-refractivity contribution in [1.29, 1.82) is 0 Å². The van der Waals surface area contributed by atoms with E-state index >= 15 is 0 Å². The highest BCUT2D eigenvalue weighted by molar-refractivity contribution is 5.70. The van der Waals surface area contributed by atoms with Gasteiger partial charge in [-0.2, -0.15) is 5.10 Å². The van der Waals surface area contributed by atoms with Gasteiger partial charge >= 0.3 is 0 Å². The number of ether oxygens (including phenoxy) is 1. The molecule has 0 saturated carbocycles. The fraction of sp³-hybridized carbons (Fsp3) is 0.143. The maximum absolute atomic E-state index is 13.0. The summed E-state index contributed by atoms with van der Waals surface area (Å²) in [5, 5.41) is 7.51. The summed E-state index contributed by atoms with van der Waals surface area (Å²) >= 11 is 0. The molecule has 0 saturated heterocycles. The largest absolute Gasteiger partial charge is 0.473 e. The van der Waals surface area contributed by atoms with E-state index in [0.29, 0.717) is 24.7 Å². The van der Waals surface area contributed by atoms with Gasteiger partial charge in [-0.25, -0.2) is 23.7 Å². The van der Waals surface area contributed by atoms with Gasteiger partial charge in [0.15, 0.2) is 0 Å². The Balaban J connectivity index is 1.25. The smallest absolute Gasteiger partial charge is 0.280 e. The number of anilines is 2. The van der Waals surface area contributed by atoms with Crippen LogP contribution in [0.4, 0.5) is 20.4 Å². The second-order valence-corrected chi connectivity index (χ2v) is 8.52. The third kappa shape index (κ3) is 6.32. The standard InChI is InChI=1S/C28H24F2N6O/c1-19-11-22(13-24(12-19)34-28-31-10-9-25(35-28)27(29)30)23-15-33-36(17-23)16-21-7-8-26(32-14-21)37-18-20-5-3-2-4-6-20/h2-15,17,27H,16,18H2,1H3,(H,31,34,35). The van der Waals surface area contributed by atoms with Gasteiger partial charge < -0.3 is 10.1 Å². The number of hydrogen-bond acceptors (Lipinski definition) is 6. The van der Waals surface area contributed by atoms with Gasteiger partial charge in [0.25, 0.3) is 6.43 Å². The van der Waals surface area contributed by atoms with Crippen LogP contribution < -0.4 is 10.1 Å². The maximum atomic E-state index is 13.0. The number of benzene rings is 2. The van der Waals surface area contributed by atoms with Crippen LogP contribution in [0, 0.1) is 6.92 Å². The Morgan fingerprint density at radius 2 is 1.78 bits per heavy atom. The molecule has 3 heterocycles. The topological polar surface area (TPSA) is 77.8 Å². The first-order valence-corrected chi connectivity index (χ1v) is 11.7. The number of rotatable bonds is 9. The van der Waals surface area contributed by atoms with Crippen LogP contribution in [0.25, 0.3) is 11.1 Å². The molecule has 9 heteroatoms. The molecule has 0 atom stereocenters. The van der Waals surface area contributed by atoms with E-state index < -0.39 is 6.43 Å². The third-order valence-corrected chi connectivity index (χ3v) is 5.57. The van der Waals surface area contributed by atoms with E-state index in [1.54, 1.807) is 12.4 Å². The van der Waals surface area contributed by atoms with Gasteiger partial charge in [-0.3, -0.25) is 4.68 Å². The molecule has 37 heavy (non-hydrogen) atoms. The molecule has 0 radical (unpaired) electrons. The first-order chi connectivity index (χ1) is 18.0. The average Bonchev–Trinajstić information content (AvgIpc) is 3.37. The summed E-state index contributed by atoms with van der Waals surface area (Å²) in [6.45, 7) is 2.98. The Morgan fingerprint density at radius 1 is 0.919 bits per heavy atom. The van der Waals surface area contributed by atoms with Crippen molar-refractivity contribution in [3.63, 3.8) is 0 Å². The zero-order chi connectivity index (χ0) is 25.6. The van der Waals surface area contributed by atoms with E-state index in [4.69, 9.17) is 4.74 Å². The van der Waals surface area contributed by atoms with Crippen LogP contribution in [0.2, 0.25) is 0 Å². The van der Waals surface area contributed by atoms with Gasteiger partial charge in [-0.15, -0.1) is 0 Å². The van der Waals surface area contributed by atoms with Gasteiger partial charge in [0.2, 0.25) is 11.8 Å². The van der Waals surface area contributed by atoms with Crippen molar-refractivity contribution in [3.05, 3.63) is 114 Å². The molecule has 0 bridgehead atoms. The lowest BCUT2D eigenvalue weighted by Crippen LogP contribution is -2.01. The van der Waals surface area contributed by atoms with Crippen LogP contribution in [0.1, 0.15) is 28.8 Å². The molecule has 5 rings (SSSR count). The molecule has 1 N–H and O–H groups in total. The summed E-state index contributed by atoms with van der Waals surface area (Å²) in [6.07, 6.45) is 4.18. The molecule has 186 valence electrons. The summed E-state index contributed by atoms with van der Waals surface area (Å²) < 4.78 is 33.5. The normalized spacial score (nSPS) is 11.0. The molecule has 0 aliphatic rings. The maximum Gasteiger partial charge on any atom is 0.280 e. The van der Waals surface area contributed by atoms with Gasteiger partial charge in [0.1, 0.15) is 12.3 Å². The lowest BCUT2D eigenvalue weighted by Gasteiger charge is -2.09. The highest BCUT2D eigenvalue weighted by Crippen LogP contribution is 2.26. The molecule has 0 amide bonds. The van der Waals surface area contributed by atoms with Crippen LogP contribution in [-0.2, 0) is 13.2 Å². The number of pyridine rings is 1. The van der Waals surface area contributed by atoms with E-state index in [2.05, 4.69) is 25.4 Å². The minimum atomic E-state index is -2.66. The number of aryl methyl sites for hydroxylation is 1. The van der Waals surface area contributed by atoms with Crippen molar-refractivity contribution >= 4 is 11.6 Å². The van der Waals surface area contributed by atoms with Crippen molar-refractivity contribution in [2.45, 2.75) is 26.5 Å². The Morgan fingerprint density at radius 3 is 2.57 bits per heavy atom. The van der Waals surface area contributed by atoms with Crippen LogP contribution in [0.3, 0.4) is 0 Å². The van der Waals surface area contributed by atoms with Crippen molar-refractivity contribution in [2.24, 2.45) is 0 Å². The fourth-order valence-corrected chi connectivity index (χ4v) is 3.81. The van der Waals surface area contributed by atoms with Crippen LogP contribution >= 0.6 is 0 Å².